The molecule has 1 aliphatic carbocycles. The third kappa shape index (κ3) is 6.88. The summed E-state index contributed by atoms with van der Waals surface area (Å²) in [6.07, 6.45) is 3.58. The minimum atomic E-state index is -0.788. The highest BCUT2D eigenvalue weighted by Gasteiger charge is 2.49. The molecule has 10 heteroatoms. The normalized spacial score (nSPS) is 22.0. The van der Waals surface area contributed by atoms with Crippen molar-refractivity contribution in [1.29, 1.82) is 0 Å². The number of rotatable bonds is 9. The minimum Gasteiger partial charge on any atom is -0.395 e. The number of nitrogens with zero attached hydrogens (tertiary/aromatic N) is 1. The molecule has 0 saturated heterocycles. The van der Waals surface area contributed by atoms with E-state index in [1.165, 1.54) is 0 Å². The van der Waals surface area contributed by atoms with E-state index < -0.39 is 12.0 Å². The minimum absolute atomic E-state index is 0. The van der Waals surface area contributed by atoms with E-state index >= 15 is 0 Å². The second-order valence-corrected chi connectivity index (χ2v) is 11.1. The Balaban J connectivity index is 0.00000387. The topological polar surface area (TPSA) is 90.9 Å². The third-order valence-electron chi connectivity index (χ3n) is 7.80. The first kappa shape index (κ1) is 31.3. The molecule has 1 saturated carbocycles. The standard InChI is InChI=1S/C31H33Cl2N3O4.ClH/c32-21-14-15-24(25(33)18-21)29-28(30(38)35-40-19-20-8-2-1-3-9-20)22-10-4-5-11-23(22)31(39)36(29)27-13-7-6-12-26(27)34-16-17-37;/h1-5,8-11,14-15,18,26-29,34,37H,6-7,12-13,16-17,19H2,(H,35,38);1H/t26-,27-,28+,29-;/m0./s1. The zero-order chi connectivity index (χ0) is 28.1. The van der Waals surface area contributed by atoms with Crippen LogP contribution in [0.5, 0.6) is 0 Å². The van der Waals surface area contributed by atoms with Gasteiger partial charge in [0.2, 0.25) is 0 Å². The van der Waals surface area contributed by atoms with E-state index in [1.807, 2.05) is 53.4 Å². The summed E-state index contributed by atoms with van der Waals surface area (Å²) in [5.74, 6) is -1.31. The second kappa shape index (κ2) is 14.5. The van der Waals surface area contributed by atoms with Gasteiger partial charge in [0.05, 0.1) is 25.2 Å². The highest BCUT2D eigenvalue weighted by Crippen LogP contribution is 2.47. The Bertz CT molecular complexity index is 1340. The molecule has 3 aromatic rings. The van der Waals surface area contributed by atoms with Crippen molar-refractivity contribution in [3.05, 3.63) is 105 Å². The van der Waals surface area contributed by atoms with Gasteiger partial charge in [0.15, 0.2) is 0 Å². The molecule has 7 nitrogen and oxygen atoms in total. The molecule has 218 valence electrons. The molecular formula is C31H34Cl3N3O4. The number of amides is 2. The Morgan fingerprint density at radius 2 is 1.71 bits per heavy atom. The Kier molecular flexibility index (Phi) is 11.1. The van der Waals surface area contributed by atoms with Crippen molar-refractivity contribution in [2.24, 2.45) is 0 Å². The maximum absolute atomic E-state index is 14.3. The van der Waals surface area contributed by atoms with Crippen molar-refractivity contribution in [2.45, 2.75) is 56.3 Å². The van der Waals surface area contributed by atoms with Crippen molar-refractivity contribution in [3.8, 4) is 0 Å². The molecule has 1 fully saturated rings. The number of carbonyl (C=O) groups is 2. The Labute approximate surface area is 256 Å². The summed E-state index contributed by atoms with van der Waals surface area (Å²) >= 11 is 13.0. The number of hydrogen-bond donors (Lipinski definition) is 3. The highest BCUT2D eigenvalue weighted by atomic mass is 35.5. The number of aliphatic hydroxyl groups is 1. The van der Waals surface area contributed by atoms with Crippen LogP contribution in [0.4, 0.5) is 0 Å². The molecule has 0 radical (unpaired) electrons. The van der Waals surface area contributed by atoms with Crippen LogP contribution >= 0.6 is 35.6 Å². The van der Waals surface area contributed by atoms with E-state index in [1.54, 1.807) is 24.3 Å². The molecule has 0 bridgehead atoms. The fourth-order valence-corrected chi connectivity index (χ4v) is 6.55. The first-order valence-corrected chi connectivity index (χ1v) is 14.4. The maximum Gasteiger partial charge on any atom is 0.255 e. The summed E-state index contributed by atoms with van der Waals surface area (Å²) < 4.78 is 0. The van der Waals surface area contributed by atoms with Crippen LogP contribution in [0, 0.1) is 0 Å². The van der Waals surface area contributed by atoms with Crippen LogP contribution in [-0.4, -0.2) is 47.1 Å². The summed E-state index contributed by atoms with van der Waals surface area (Å²) in [7, 11) is 0. The van der Waals surface area contributed by atoms with Gasteiger partial charge in [-0.1, -0.05) is 90.6 Å². The second-order valence-electron chi connectivity index (χ2n) is 10.3. The summed E-state index contributed by atoms with van der Waals surface area (Å²) in [6.45, 7) is 0.616. The van der Waals surface area contributed by atoms with E-state index in [-0.39, 0.29) is 49.5 Å². The lowest BCUT2D eigenvalue weighted by atomic mass is 9.76. The largest absolute Gasteiger partial charge is 0.395 e. The SMILES string of the molecule is Cl.O=C(NOCc1ccccc1)[C@@H]1c2ccccc2C(=O)N([C@H]2CCCC[C@@H]2NCCO)[C@H]1c1ccc(Cl)cc1Cl. The average molecular weight is 619 g/mol. The van der Waals surface area contributed by atoms with Crippen LogP contribution in [0.2, 0.25) is 10.0 Å². The van der Waals surface area contributed by atoms with Crippen molar-refractivity contribution in [3.63, 3.8) is 0 Å². The van der Waals surface area contributed by atoms with Crippen molar-refractivity contribution in [1.82, 2.24) is 15.7 Å². The van der Waals surface area contributed by atoms with Gasteiger partial charge < -0.3 is 15.3 Å². The molecule has 5 rings (SSSR count). The van der Waals surface area contributed by atoms with E-state index in [4.69, 9.17) is 28.0 Å². The predicted molar refractivity (Wildman–Crippen MR) is 162 cm³/mol. The number of halogens is 3. The first-order valence-electron chi connectivity index (χ1n) is 13.7. The van der Waals surface area contributed by atoms with Gasteiger partial charge in [-0.05, 0) is 47.7 Å². The van der Waals surface area contributed by atoms with Crippen LogP contribution in [0.15, 0.2) is 72.8 Å². The van der Waals surface area contributed by atoms with Gasteiger partial charge >= 0.3 is 0 Å². The molecule has 2 amide bonds. The van der Waals surface area contributed by atoms with Gasteiger partial charge in [-0.3, -0.25) is 14.4 Å². The Morgan fingerprint density at radius 1 is 0.976 bits per heavy atom. The zero-order valence-corrected chi connectivity index (χ0v) is 24.8. The smallest absolute Gasteiger partial charge is 0.255 e. The van der Waals surface area contributed by atoms with Gasteiger partial charge in [0.1, 0.15) is 0 Å². The fraction of sp³-hybridized carbons (Fsp3) is 0.355. The highest BCUT2D eigenvalue weighted by molar-refractivity contribution is 6.35. The summed E-state index contributed by atoms with van der Waals surface area (Å²) in [5.41, 5.74) is 5.33. The quantitative estimate of drug-likeness (QED) is 0.262. The van der Waals surface area contributed by atoms with Crippen LogP contribution in [0.3, 0.4) is 0 Å². The van der Waals surface area contributed by atoms with Crippen LogP contribution in [0.25, 0.3) is 0 Å². The molecule has 1 heterocycles. The number of fused-ring (bicyclic) bond motifs is 1. The number of nitrogens with one attached hydrogen (secondary N) is 2. The molecule has 2 aliphatic rings. The van der Waals surface area contributed by atoms with Crippen molar-refractivity contribution < 1.29 is 19.5 Å². The molecule has 0 aromatic heterocycles. The molecule has 41 heavy (non-hydrogen) atoms. The van der Waals surface area contributed by atoms with Gasteiger partial charge in [-0.2, -0.15) is 0 Å². The fourth-order valence-electron chi connectivity index (χ4n) is 6.03. The number of carbonyl (C=O) groups excluding carboxylic acids is 2. The van der Waals surface area contributed by atoms with Crippen LogP contribution in [-0.2, 0) is 16.2 Å². The summed E-state index contributed by atoms with van der Waals surface area (Å²) in [4.78, 5) is 35.8. The summed E-state index contributed by atoms with van der Waals surface area (Å²) in [5, 5.41) is 13.8. The molecule has 0 spiro atoms. The molecule has 1 aliphatic heterocycles. The van der Waals surface area contributed by atoms with E-state index in [2.05, 4.69) is 10.8 Å². The predicted octanol–water partition coefficient (Wildman–Crippen LogP) is 5.84. The molecule has 3 N–H and O–H groups in total. The summed E-state index contributed by atoms with van der Waals surface area (Å²) in [6, 6.07) is 21.0. The first-order chi connectivity index (χ1) is 19.5. The van der Waals surface area contributed by atoms with Crippen LogP contribution < -0.4 is 10.8 Å². The average Bonchev–Trinajstić information content (AvgIpc) is 2.97. The van der Waals surface area contributed by atoms with Gasteiger partial charge in [0.25, 0.3) is 11.8 Å². The monoisotopic (exact) mass is 617 g/mol. The zero-order valence-electron chi connectivity index (χ0n) is 22.5. The maximum atomic E-state index is 14.3. The van der Waals surface area contributed by atoms with Crippen molar-refractivity contribution in [2.75, 3.05) is 13.2 Å². The van der Waals surface area contributed by atoms with Gasteiger partial charge in [-0.15, -0.1) is 12.4 Å². The molecule has 4 atom stereocenters. The molecular weight excluding hydrogens is 585 g/mol. The van der Waals surface area contributed by atoms with Crippen LogP contribution in [0.1, 0.15) is 64.7 Å². The van der Waals surface area contributed by atoms with Gasteiger partial charge in [0, 0.05) is 34.2 Å². The third-order valence-corrected chi connectivity index (χ3v) is 8.36. The number of hydroxylamine groups is 1. The molecule has 0 unspecified atom stereocenters. The lowest BCUT2D eigenvalue weighted by molar-refractivity contribution is -0.138. The van der Waals surface area contributed by atoms with E-state index in [9.17, 15) is 14.7 Å². The lowest BCUT2D eigenvalue weighted by Gasteiger charge is -2.49. The van der Waals surface area contributed by atoms with Crippen molar-refractivity contribution >= 4 is 47.4 Å². The lowest BCUT2D eigenvalue weighted by Crippen LogP contribution is -2.58. The number of aliphatic hydroxyl groups excluding tert-OH is 1. The van der Waals surface area contributed by atoms with Gasteiger partial charge in [-0.25, -0.2) is 5.48 Å². The number of benzene rings is 3. The Morgan fingerprint density at radius 3 is 2.46 bits per heavy atom. The van der Waals surface area contributed by atoms with E-state index in [0.717, 1.165) is 31.2 Å². The Hall–Kier alpha value is -2.65. The molecule has 3 aromatic carbocycles. The number of hydrogen-bond acceptors (Lipinski definition) is 5. The van der Waals surface area contributed by atoms with E-state index in [0.29, 0.717) is 33.3 Å².